The van der Waals surface area contributed by atoms with Crippen molar-refractivity contribution in [2.24, 2.45) is 11.8 Å². The van der Waals surface area contributed by atoms with Crippen LogP contribution in [0.25, 0.3) is 0 Å². The van der Waals surface area contributed by atoms with Crippen molar-refractivity contribution < 1.29 is 33.2 Å². The van der Waals surface area contributed by atoms with Crippen LogP contribution in [0.15, 0.2) is 72.9 Å². The van der Waals surface area contributed by atoms with Crippen molar-refractivity contribution in [2.75, 3.05) is 39.4 Å². The number of aryl methyl sites for hydroxylation is 1. The Kier molecular flexibility index (Phi) is 12.6. The molecule has 59 heavy (non-hydrogen) atoms. The molecule has 1 N–H and O–H groups in total. The van der Waals surface area contributed by atoms with Gasteiger partial charge in [-0.1, -0.05) is 43.6 Å². The average molecular weight is 823 g/mol. The van der Waals surface area contributed by atoms with Crippen LogP contribution in [0.5, 0.6) is 23.0 Å². The predicted molar refractivity (Wildman–Crippen MR) is 230 cm³/mol. The van der Waals surface area contributed by atoms with Gasteiger partial charge in [-0.15, -0.1) is 0 Å². The van der Waals surface area contributed by atoms with E-state index in [0.29, 0.717) is 62.0 Å². The fourth-order valence-corrected chi connectivity index (χ4v) is 10.6. The molecule has 8 rings (SSSR count). The molecular weight excluding hydrogens is 764 g/mol. The van der Waals surface area contributed by atoms with Gasteiger partial charge in [-0.05, 0) is 146 Å². The van der Waals surface area contributed by atoms with Crippen LogP contribution >= 0.6 is 11.6 Å². The van der Waals surface area contributed by atoms with Crippen LogP contribution in [0.2, 0.25) is 5.02 Å². The summed E-state index contributed by atoms with van der Waals surface area (Å²) in [6, 6.07) is 22.1. The molecule has 9 nitrogen and oxygen atoms in total. The maximum atomic E-state index is 13.7. The molecule has 4 atom stereocenters. The molecule has 4 aliphatic rings. The van der Waals surface area contributed by atoms with Gasteiger partial charge in [0.05, 0.1) is 40.6 Å². The van der Waals surface area contributed by atoms with Crippen molar-refractivity contribution in [1.29, 1.82) is 0 Å². The van der Waals surface area contributed by atoms with Gasteiger partial charge in [0.15, 0.2) is 11.5 Å². The summed E-state index contributed by atoms with van der Waals surface area (Å²) < 4.78 is 36.7. The Labute approximate surface area is 354 Å². The molecule has 0 radical (unpaired) electrons. The largest absolute Gasteiger partial charge is 0.497 e. The number of methoxy groups -OCH3 is 2. The third-order valence-corrected chi connectivity index (χ3v) is 13.8. The number of pyridine rings is 1. The minimum absolute atomic E-state index is 0.0110. The smallest absolute Gasteiger partial charge is 0.331 e. The minimum atomic E-state index is -0.863. The number of anilines is 1. The van der Waals surface area contributed by atoms with Crippen molar-refractivity contribution in [3.05, 3.63) is 106 Å². The third kappa shape index (κ3) is 8.88. The molecule has 4 aromatic rings. The summed E-state index contributed by atoms with van der Waals surface area (Å²) in [6.07, 6.45) is 11.6. The molecule has 1 spiro atoms. The molecule has 1 aromatic heterocycles. The van der Waals surface area contributed by atoms with E-state index in [-0.39, 0.29) is 17.5 Å². The molecular formula is C49H59ClN2O7. The van der Waals surface area contributed by atoms with Crippen LogP contribution in [0, 0.1) is 11.8 Å². The first-order valence-corrected chi connectivity index (χ1v) is 22.0. The highest BCUT2D eigenvalue weighted by molar-refractivity contribution is 6.30. The summed E-state index contributed by atoms with van der Waals surface area (Å²) >= 11 is 6.39. The van der Waals surface area contributed by atoms with Gasteiger partial charge < -0.3 is 33.7 Å². The van der Waals surface area contributed by atoms with Gasteiger partial charge in [0.25, 0.3) is 0 Å². The van der Waals surface area contributed by atoms with Gasteiger partial charge in [-0.3, -0.25) is 4.98 Å². The number of aromatic nitrogens is 1. The number of nitrogens with one attached hydrogen (secondary N) is 1. The number of nitrogens with zero attached hydrogens (tertiary/aromatic N) is 1. The summed E-state index contributed by atoms with van der Waals surface area (Å²) in [5.74, 6) is 4.31. The Hall–Kier alpha value is -4.47. The van der Waals surface area contributed by atoms with Gasteiger partial charge in [-0.2, -0.15) is 0 Å². The second-order valence-electron chi connectivity index (χ2n) is 17.4. The first-order valence-electron chi connectivity index (χ1n) is 21.6. The molecule has 10 heteroatoms. The molecule has 1 aliphatic heterocycles. The number of fused-ring (bicyclic) bond motifs is 4. The zero-order valence-corrected chi connectivity index (χ0v) is 35.8. The van der Waals surface area contributed by atoms with Gasteiger partial charge in [0.2, 0.25) is 0 Å². The van der Waals surface area contributed by atoms with Crippen LogP contribution < -0.4 is 24.3 Å². The Bertz CT molecular complexity index is 2080. The van der Waals surface area contributed by atoms with Crippen LogP contribution in [0.3, 0.4) is 0 Å². The first-order chi connectivity index (χ1) is 28.7. The summed E-state index contributed by atoms with van der Waals surface area (Å²) in [5.41, 5.74) is 6.03. The molecule has 1 fully saturated rings. The lowest BCUT2D eigenvalue weighted by molar-refractivity contribution is -0.148. The molecule has 0 bridgehead atoms. The molecule has 3 aliphatic carbocycles. The molecule has 0 saturated heterocycles. The zero-order valence-electron chi connectivity index (χ0n) is 35.0. The molecule has 0 amide bonds. The van der Waals surface area contributed by atoms with Crippen molar-refractivity contribution in [2.45, 2.75) is 114 Å². The number of ether oxygens (including phenoxy) is 6. The van der Waals surface area contributed by atoms with Crippen molar-refractivity contribution in [3.63, 3.8) is 0 Å². The first kappa shape index (κ1) is 41.3. The topological polar surface area (TPSA) is 97.4 Å². The number of hydrogen-bond acceptors (Lipinski definition) is 9. The molecule has 1 saturated carbocycles. The number of rotatable bonds is 14. The normalized spacial score (nSPS) is 25.0. The van der Waals surface area contributed by atoms with Gasteiger partial charge in [-0.25, -0.2) is 4.79 Å². The third-order valence-electron chi connectivity index (χ3n) is 13.5. The molecule has 1 unspecified atom stereocenters. The van der Waals surface area contributed by atoms with Crippen LogP contribution in [-0.4, -0.2) is 56.6 Å². The predicted octanol–water partition coefficient (Wildman–Crippen LogP) is 10.4. The van der Waals surface area contributed by atoms with Crippen LogP contribution in [-0.2, 0) is 39.1 Å². The van der Waals surface area contributed by atoms with Crippen molar-refractivity contribution >= 4 is 23.3 Å². The lowest BCUT2D eigenvalue weighted by atomic mass is 9.59. The SMILES string of the molecule is COc1ccc(COCCC2CCOc3cc4c(cc3O2)C[C@H](C[C@@H](C)COc2ccnc3c2[C@H](C)CCC3)[C@]42CC[C@](Nc3cccc(Cl)c3)(C(=O)OC)CC2)cc1. The molecule has 2 heterocycles. The van der Waals surface area contributed by atoms with E-state index in [9.17, 15) is 4.79 Å². The van der Waals surface area contributed by atoms with Gasteiger partial charge >= 0.3 is 5.97 Å². The second-order valence-corrected chi connectivity index (χ2v) is 17.8. The highest BCUT2D eigenvalue weighted by atomic mass is 35.5. The van der Waals surface area contributed by atoms with E-state index in [1.807, 2.05) is 60.8 Å². The Morgan fingerprint density at radius 1 is 1.02 bits per heavy atom. The number of carbonyl (C=O) groups excluding carboxylic acids is 1. The van der Waals surface area contributed by atoms with E-state index in [0.717, 1.165) is 79.2 Å². The zero-order chi connectivity index (χ0) is 41.0. The van der Waals surface area contributed by atoms with E-state index < -0.39 is 5.54 Å². The lowest BCUT2D eigenvalue weighted by Gasteiger charge is -2.47. The van der Waals surface area contributed by atoms with Crippen molar-refractivity contribution in [3.8, 4) is 23.0 Å². The monoisotopic (exact) mass is 822 g/mol. The highest BCUT2D eigenvalue weighted by Crippen LogP contribution is 2.58. The maximum Gasteiger partial charge on any atom is 0.331 e. The quantitative estimate of drug-likeness (QED) is 0.0985. The number of hydrogen-bond donors (Lipinski definition) is 1. The summed E-state index contributed by atoms with van der Waals surface area (Å²) in [6.45, 7) is 6.96. The summed E-state index contributed by atoms with van der Waals surface area (Å²) in [7, 11) is 3.16. The standard InChI is InChI=1S/C49H59ClN2O7/c1-32(30-58-43-15-22-51-42-10-5-7-33(2)46(42)43)25-36-26-35-27-45-44(57-24-17-40(59-45)16-23-56-31-34-11-13-39(54-3)14-12-34)29-41(35)48(36)18-20-49(21-19-48,47(53)55-4)52-38-9-6-8-37(50)28-38/h6,8-9,11-15,22,27-29,32-33,36,40,52H,5,7,10,16-21,23-26,30-31H2,1-4H3/t32-,33-,36+,40?,48-,49-/m1/s1. The Balaban J connectivity index is 1.01. The molecule has 314 valence electrons. The highest BCUT2D eigenvalue weighted by Gasteiger charge is 2.55. The average Bonchev–Trinajstić information content (AvgIpc) is 3.37. The van der Waals surface area contributed by atoms with Crippen molar-refractivity contribution in [1.82, 2.24) is 4.98 Å². The van der Waals surface area contributed by atoms with E-state index in [1.165, 1.54) is 42.3 Å². The van der Waals surface area contributed by atoms with Crippen LogP contribution in [0.1, 0.15) is 106 Å². The Morgan fingerprint density at radius 3 is 2.63 bits per heavy atom. The fourth-order valence-electron chi connectivity index (χ4n) is 10.4. The van der Waals surface area contributed by atoms with E-state index in [2.05, 4.69) is 31.3 Å². The summed E-state index contributed by atoms with van der Waals surface area (Å²) in [4.78, 5) is 18.4. The number of benzene rings is 3. The minimum Gasteiger partial charge on any atom is -0.497 e. The van der Waals surface area contributed by atoms with E-state index >= 15 is 0 Å². The van der Waals surface area contributed by atoms with Crippen LogP contribution in [0.4, 0.5) is 5.69 Å². The second kappa shape index (κ2) is 18.0. The number of halogens is 1. The van der Waals surface area contributed by atoms with E-state index in [1.54, 1.807) is 7.11 Å². The number of esters is 1. The van der Waals surface area contributed by atoms with E-state index in [4.69, 9.17) is 45.0 Å². The molecule has 3 aromatic carbocycles. The van der Waals surface area contributed by atoms with Gasteiger partial charge in [0, 0.05) is 41.0 Å². The fraction of sp³-hybridized carbons (Fsp3) is 0.510. The lowest BCUT2D eigenvalue weighted by Crippen LogP contribution is -2.53. The number of carbonyl (C=O) groups is 1. The van der Waals surface area contributed by atoms with Gasteiger partial charge in [0.1, 0.15) is 23.1 Å². The maximum absolute atomic E-state index is 13.7. The summed E-state index contributed by atoms with van der Waals surface area (Å²) in [5, 5.41) is 4.21. The Morgan fingerprint density at radius 2 is 1.85 bits per heavy atom.